The van der Waals surface area contributed by atoms with Crippen molar-refractivity contribution in [1.29, 1.82) is 0 Å². The Balaban J connectivity index is 2.46. The van der Waals surface area contributed by atoms with E-state index in [0.29, 0.717) is 0 Å². The van der Waals surface area contributed by atoms with E-state index in [2.05, 4.69) is 10.3 Å². The Bertz CT molecular complexity index is 263. The van der Waals surface area contributed by atoms with Crippen molar-refractivity contribution in [2.45, 2.75) is 19.9 Å². The summed E-state index contributed by atoms with van der Waals surface area (Å²) in [5, 5.41) is 3.08. The first-order chi connectivity index (χ1) is 6.86. The molecule has 14 heavy (non-hydrogen) atoms. The summed E-state index contributed by atoms with van der Waals surface area (Å²) >= 11 is 0. The maximum atomic E-state index is 5.28. The van der Waals surface area contributed by atoms with Crippen LogP contribution in [-0.4, -0.2) is 25.2 Å². The largest absolute Gasteiger partial charge is 0.381 e. The average molecular weight is 194 g/mol. The number of aromatic nitrogens is 1. The predicted octanol–water partition coefficient (Wildman–Crippen LogP) is 1.38. The average Bonchev–Trinajstić information content (AvgIpc) is 2.19. The zero-order valence-electron chi connectivity index (χ0n) is 8.92. The lowest BCUT2D eigenvalue weighted by Crippen LogP contribution is -2.08. The summed E-state index contributed by atoms with van der Waals surface area (Å²) in [5.74, 6) is 0. The van der Waals surface area contributed by atoms with Gasteiger partial charge in [-0.1, -0.05) is 6.07 Å². The van der Waals surface area contributed by atoms with Gasteiger partial charge in [-0.15, -0.1) is 0 Å². The molecule has 3 nitrogen and oxygen atoms in total. The molecule has 0 radical (unpaired) electrons. The van der Waals surface area contributed by atoms with Crippen LogP contribution in [0.15, 0.2) is 18.2 Å². The fourth-order valence-electron chi connectivity index (χ4n) is 1.27. The van der Waals surface area contributed by atoms with Gasteiger partial charge in [-0.2, -0.15) is 0 Å². The highest BCUT2D eigenvalue weighted by molar-refractivity contribution is 5.11. The highest BCUT2D eigenvalue weighted by Crippen LogP contribution is 2.00. The zero-order valence-corrected chi connectivity index (χ0v) is 8.92. The number of hydrogen-bond acceptors (Lipinski definition) is 3. The van der Waals surface area contributed by atoms with Crippen molar-refractivity contribution in [2.75, 3.05) is 20.3 Å². The van der Waals surface area contributed by atoms with E-state index in [-0.39, 0.29) is 0 Å². The highest BCUT2D eigenvalue weighted by Gasteiger charge is 1.96. The van der Waals surface area contributed by atoms with Crippen LogP contribution in [0.1, 0.15) is 18.3 Å². The van der Waals surface area contributed by atoms with Crippen LogP contribution in [0, 0.1) is 0 Å². The van der Waals surface area contributed by atoms with Crippen molar-refractivity contribution in [3.05, 3.63) is 29.6 Å². The van der Waals surface area contributed by atoms with Gasteiger partial charge in [-0.25, -0.2) is 0 Å². The maximum absolute atomic E-state index is 5.28. The summed E-state index contributed by atoms with van der Waals surface area (Å²) in [6, 6.07) is 6.11. The Morgan fingerprint density at radius 2 is 2.14 bits per heavy atom. The van der Waals surface area contributed by atoms with E-state index in [0.717, 1.165) is 37.6 Å². The summed E-state index contributed by atoms with van der Waals surface area (Å²) in [4.78, 5) is 4.49. The molecule has 0 aliphatic heterocycles. The van der Waals surface area contributed by atoms with Gasteiger partial charge in [-0.3, -0.25) is 4.98 Å². The van der Waals surface area contributed by atoms with E-state index in [1.807, 2.05) is 32.2 Å². The minimum atomic E-state index is 0.756. The summed E-state index contributed by atoms with van der Waals surface area (Å²) < 4.78 is 5.28. The molecule has 0 aliphatic carbocycles. The first-order valence-corrected chi connectivity index (χ1v) is 5.04. The Morgan fingerprint density at radius 1 is 1.36 bits per heavy atom. The number of pyridine rings is 1. The molecule has 3 heteroatoms. The fraction of sp³-hybridized carbons (Fsp3) is 0.545. The van der Waals surface area contributed by atoms with Crippen molar-refractivity contribution in [3.8, 4) is 0 Å². The molecule has 1 heterocycles. The summed E-state index contributed by atoms with van der Waals surface area (Å²) in [5.41, 5.74) is 2.19. The molecule has 0 bridgehead atoms. The molecular formula is C11H18N2O. The smallest absolute Gasteiger partial charge is 0.0544 e. The molecule has 1 rings (SSSR count). The molecule has 0 spiro atoms. The number of ether oxygens (including phenoxy) is 1. The van der Waals surface area contributed by atoms with Crippen LogP contribution < -0.4 is 5.32 Å². The molecule has 0 saturated heterocycles. The van der Waals surface area contributed by atoms with Crippen LogP contribution in [0.3, 0.4) is 0 Å². The van der Waals surface area contributed by atoms with Gasteiger partial charge < -0.3 is 10.1 Å². The summed E-state index contributed by atoms with van der Waals surface area (Å²) in [7, 11) is 1.93. The van der Waals surface area contributed by atoms with Gasteiger partial charge in [0.05, 0.1) is 12.3 Å². The van der Waals surface area contributed by atoms with Gasteiger partial charge in [-0.05, 0) is 26.1 Å². The Labute approximate surface area is 85.5 Å². The normalized spacial score (nSPS) is 10.4. The molecule has 0 unspecified atom stereocenters. The van der Waals surface area contributed by atoms with Gasteiger partial charge in [0.2, 0.25) is 0 Å². The second-order valence-electron chi connectivity index (χ2n) is 3.10. The molecular weight excluding hydrogens is 176 g/mol. The molecule has 0 aliphatic rings. The van der Waals surface area contributed by atoms with E-state index in [1.165, 1.54) is 0 Å². The second-order valence-corrected chi connectivity index (χ2v) is 3.10. The standard InChI is InChI=1S/C11H18N2O/c1-3-14-8-7-10-5-4-6-11(13-10)9-12-2/h4-6,12H,3,7-9H2,1-2H3. The number of hydrogen-bond donors (Lipinski definition) is 1. The van der Waals surface area contributed by atoms with Crippen molar-refractivity contribution in [3.63, 3.8) is 0 Å². The van der Waals surface area contributed by atoms with E-state index >= 15 is 0 Å². The SMILES string of the molecule is CCOCCc1cccc(CNC)n1. The molecule has 0 saturated carbocycles. The lowest BCUT2D eigenvalue weighted by Gasteiger charge is -2.04. The molecule has 78 valence electrons. The lowest BCUT2D eigenvalue weighted by molar-refractivity contribution is 0.150. The maximum Gasteiger partial charge on any atom is 0.0544 e. The molecule has 1 aromatic rings. The Hall–Kier alpha value is -0.930. The highest BCUT2D eigenvalue weighted by atomic mass is 16.5. The van der Waals surface area contributed by atoms with Crippen LogP contribution in [-0.2, 0) is 17.7 Å². The zero-order chi connectivity index (χ0) is 10.2. The summed E-state index contributed by atoms with van der Waals surface area (Å²) in [6.45, 7) is 4.36. The molecule has 1 aromatic heterocycles. The fourth-order valence-corrected chi connectivity index (χ4v) is 1.27. The number of nitrogens with one attached hydrogen (secondary N) is 1. The second kappa shape index (κ2) is 6.51. The first kappa shape index (κ1) is 11.1. The third-order valence-corrected chi connectivity index (χ3v) is 1.93. The third kappa shape index (κ3) is 3.85. The lowest BCUT2D eigenvalue weighted by atomic mass is 10.2. The van der Waals surface area contributed by atoms with Gasteiger partial charge in [0.25, 0.3) is 0 Å². The van der Waals surface area contributed by atoms with E-state index in [9.17, 15) is 0 Å². The first-order valence-electron chi connectivity index (χ1n) is 5.04. The summed E-state index contributed by atoms with van der Waals surface area (Å²) in [6.07, 6.45) is 0.894. The molecule has 0 fully saturated rings. The van der Waals surface area contributed by atoms with E-state index in [4.69, 9.17) is 4.74 Å². The van der Waals surface area contributed by atoms with Crippen LogP contribution in [0.2, 0.25) is 0 Å². The van der Waals surface area contributed by atoms with Crippen molar-refractivity contribution in [1.82, 2.24) is 10.3 Å². The van der Waals surface area contributed by atoms with Crippen molar-refractivity contribution < 1.29 is 4.74 Å². The molecule has 0 aromatic carbocycles. The Morgan fingerprint density at radius 3 is 2.86 bits per heavy atom. The van der Waals surface area contributed by atoms with Crippen molar-refractivity contribution in [2.24, 2.45) is 0 Å². The van der Waals surface area contributed by atoms with E-state index < -0.39 is 0 Å². The van der Waals surface area contributed by atoms with Gasteiger partial charge in [0.15, 0.2) is 0 Å². The van der Waals surface area contributed by atoms with Crippen LogP contribution >= 0.6 is 0 Å². The van der Waals surface area contributed by atoms with Gasteiger partial charge in [0.1, 0.15) is 0 Å². The predicted molar refractivity (Wildman–Crippen MR) is 57.2 cm³/mol. The van der Waals surface area contributed by atoms with Crippen LogP contribution in [0.5, 0.6) is 0 Å². The van der Waals surface area contributed by atoms with Gasteiger partial charge in [0, 0.05) is 25.3 Å². The third-order valence-electron chi connectivity index (χ3n) is 1.93. The molecule has 0 atom stereocenters. The minimum absolute atomic E-state index is 0.756. The topological polar surface area (TPSA) is 34.1 Å². The quantitative estimate of drug-likeness (QED) is 0.695. The van der Waals surface area contributed by atoms with Crippen molar-refractivity contribution >= 4 is 0 Å². The molecule has 1 N–H and O–H groups in total. The van der Waals surface area contributed by atoms with Gasteiger partial charge >= 0.3 is 0 Å². The molecule has 0 amide bonds. The number of rotatable bonds is 6. The van der Waals surface area contributed by atoms with Crippen LogP contribution in [0.25, 0.3) is 0 Å². The monoisotopic (exact) mass is 194 g/mol. The Kier molecular flexibility index (Phi) is 5.19. The minimum Gasteiger partial charge on any atom is -0.381 e. The van der Waals surface area contributed by atoms with E-state index in [1.54, 1.807) is 0 Å². The van der Waals surface area contributed by atoms with Crippen LogP contribution in [0.4, 0.5) is 0 Å². The number of nitrogens with zero attached hydrogens (tertiary/aromatic N) is 1.